The first kappa shape index (κ1) is 14.5. The van der Waals surface area contributed by atoms with Crippen LogP contribution in [-0.4, -0.2) is 5.11 Å². The van der Waals surface area contributed by atoms with Crippen LogP contribution in [0.5, 0.6) is 5.75 Å². The highest BCUT2D eigenvalue weighted by Gasteiger charge is 2.09. The number of hydrogen-bond donors (Lipinski definition) is 2. The lowest BCUT2D eigenvalue weighted by molar-refractivity contribution is 0.281. The lowest BCUT2D eigenvalue weighted by Crippen LogP contribution is -2.08. The summed E-state index contributed by atoms with van der Waals surface area (Å²) in [6.07, 6.45) is 0. The molecule has 0 bridgehead atoms. The summed E-state index contributed by atoms with van der Waals surface area (Å²) < 4.78 is 18.9. The molecule has 0 spiro atoms. The van der Waals surface area contributed by atoms with E-state index in [1.54, 1.807) is 13.0 Å². The minimum absolute atomic E-state index is 0.0218. The Bertz CT molecular complexity index is 567. The Labute approximate surface area is 117 Å². The molecular weight excluding hydrogens is 257 g/mol. The first-order valence-electron chi connectivity index (χ1n) is 6.46. The molecule has 2 aromatic carbocycles. The van der Waals surface area contributed by atoms with E-state index in [0.717, 1.165) is 11.1 Å². The molecule has 106 valence electrons. The van der Waals surface area contributed by atoms with Crippen LogP contribution in [-0.2, 0) is 13.2 Å². The predicted octanol–water partition coefficient (Wildman–Crippen LogP) is 2.92. The van der Waals surface area contributed by atoms with Gasteiger partial charge in [-0.05, 0) is 36.2 Å². The molecule has 20 heavy (non-hydrogen) atoms. The number of aliphatic hydroxyl groups is 1. The van der Waals surface area contributed by atoms with Crippen molar-refractivity contribution in [1.29, 1.82) is 0 Å². The van der Waals surface area contributed by atoms with Gasteiger partial charge in [0.1, 0.15) is 18.2 Å². The molecule has 0 heterocycles. The molecule has 3 N–H and O–H groups in total. The van der Waals surface area contributed by atoms with Crippen LogP contribution >= 0.6 is 0 Å². The first-order chi connectivity index (χ1) is 9.60. The molecule has 1 atom stereocenters. The van der Waals surface area contributed by atoms with Crippen molar-refractivity contribution in [3.63, 3.8) is 0 Å². The predicted molar refractivity (Wildman–Crippen MR) is 75.7 cm³/mol. The number of aliphatic hydroxyl groups excluding tert-OH is 1. The second-order valence-corrected chi connectivity index (χ2v) is 4.73. The molecule has 0 aromatic heterocycles. The Morgan fingerprint density at radius 1 is 1.15 bits per heavy atom. The summed E-state index contributed by atoms with van der Waals surface area (Å²) >= 11 is 0. The van der Waals surface area contributed by atoms with E-state index >= 15 is 0 Å². The van der Waals surface area contributed by atoms with Gasteiger partial charge in [-0.15, -0.1) is 0 Å². The fourth-order valence-corrected chi connectivity index (χ4v) is 1.91. The van der Waals surface area contributed by atoms with E-state index in [9.17, 15) is 4.39 Å². The maximum Gasteiger partial charge on any atom is 0.124 e. The van der Waals surface area contributed by atoms with Crippen molar-refractivity contribution in [3.05, 3.63) is 65.0 Å². The molecule has 0 amide bonds. The van der Waals surface area contributed by atoms with Crippen molar-refractivity contribution in [2.24, 2.45) is 5.73 Å². The van der Waals surface area contributed by atoms with Gasteiger partial charge < -0.3 is 15.6 Å². The van der Waals surface area contributed by atoms with Gasteiger partial charge in [-0.3, -0.25) is 0 Å². The lowest BCUT2D eigenvalue weighted by atomic mass is 10.1. The van der Waals surface area contributed by atoms with Crippen LogP contribution in [0, 0.1) is 5.82 Å². The van der Waals surface area contributed by atoms with Crippen LogP contribution in [0.4, 0.5) is 4.39 Å². The Hall–Kier alpha value is -1.91. The van der Waals surface area contributed by atoms with Gasteiger partial charge in [-0.1, -0.05) is 24.3 Å². The van der Waals surface area contributed by atoms with Gasteiger partial charge in [0.2, 0.25) is 0 Å². The summed E-state index contributed by atoms with van der Waals surface area (Å²) in [7, 11) is 0. The molecule has 0 aliphatic rings. The van der Waals surface area contributed by atoms with E-state index in [1.165, 1.54) is 12.1 Å². The van der Waals surface area contributed by atoms with Gasteiger partial charge in [0.05, 0.1) is 6.61 Å². The standard InChI is InChI=1S/C16H18FNO2/c1-11(18)15-8-14(17)6-7-16(15)20-10-13-4-2-12(9-19)3-5-13/h2-8,11,19H,9-10,18H2,1H3. The van der Waals surface area contributed by atoms with Gasteiger partial charge in [-0.25, -0.2) is 4.39 Å². The SMILES string of the molecule is CC(N)c1cc(F)ccc1OCc1ccc(CO)cc1. The normalized spacial score (nSPS) is 12.2. The zero-order chi connectivity index (χ0) is 14.5. The summed E-state index contributed by atoms with van der Waals surface area (Å²) in [5.41, 5.74) is 8.29. The van der Waals surface area contributed by atoms with Crippen molar-refractivity contribution in [3.8, 4) is 5.75 Å². The summed E-state index contributed by atoms with van der Waals surface area (Å²) in [5.74, 6) is 0.268. The quantitative estimate of drug-likeness (QED) is 0.882. The smallest absolute Gasteiger partial charge is 0.124 e. The van der Waals surface area contributed by atoms with Crippen molar-refractivity contribution >= 4 is 0 Å². The Kier molecular flexibility index (Phi) is 4.71. The van der Waals surface area contributed by atoms with Crippen molar-refractivity contribution in [2.45, 2.75) is 26.2 Å². The van der Waals surface area contributed by atoms with E-state index in [4.69, 9.17) is 15.6 Å². The number of hydrogen-bond acceptors (Lipinski definition) is 3. The third-order valence-corrected chi connectivity index (χ3v) is 3.06. The highest BCUT2D eigenvalue weighted by Crippen LogP contribution is 2.25. The van der Waals surface area contributed by atoms with E-state index in [0.29, 0.717) is 17.9 Å². The van der Waals surface area contributed by atoms with Gasteiger partial charge in [-0.2, -0.15) is 0 Å². The van der Waals surface area contributed by atoms with Gasteiger partial charge >= 0.3 is 0 Å². The summed E-state index contributed by atoms with van der Waals surface area (Å²) in [6.45, 7) is 2.18. The Morgan fingerprint density at radius 3 is 2.40 bits per heavy atom. The van der Waals surface area contributed by atoms with Crippen molar-refractivity contribution in [2.75, 3.05) is 0 Å². The van der Waals surface area contributed by atoms with Crippen molar-refractivity contribution < 1.29 is 14.2 Å². The van der Waals surface area contributed by atoms with E-state index in [-0.39, 0.29) is 18.5 Å². The molecule has 2 rings (SSSR count). The summed E-state index contributed by atoms with van der Waals surface area (Å²) in [4.78, 5) is 0. The van der Waals surface area contributed by atoms with Crippen LogP contribution < -0.4 is 10.5 Å². The largest absolute Gasteiger partial charge is 0.489 e. The average Bonchev–Trinajstić information content (AvgIpc) is 2.46. The first-order valence-corrected chi connectivity index (χ1v) is 6.46. The highest BCUT2D eigenvalue weighted by molar-refractivity contribution is 5.36. The topological polar surface area (TPSA) is 55.5 Å². The molecule has 1 unspecified atom stereocenters. The molecule has 3 nitrogen and oxygen atoms in total. The molecular formula is C16H18FNO2. The molecule has 0 radical (unpaired) electrons. The minimum atomic E-state index is -0.322. The van der Waals surface area contributed by atoms with Crippen LogP contribution in [0.15, 0.2) is 42.5 Å². The Balaban J connectivity index is 2.10. The van der Waals surface area contributed by atoms with Crippen LogP contribution in [0.3, 0.4) is 0 Å². The van der Waals surface area contributed by atoms with Crippen LogP contribution in [0.2, 0.25) is 0 Å². The van der Waals surface area contributed by atoms with Crippen molar-refractivity contribution in [1.82, 2.24) is 0 Å². The second-order valence-electron chi connectivity index (χ2n) is 4.73. The monoisotopic (exact) mass is 275 g/mol. The number of rotatable bonds is 5. The number of ether oxygens (including phenoxy) is 1. The van der Waals surface area contributed by atoms with Gasteiger partial charge in [0, 0.05) is 11.6 Å². The van der Waals surface area contributed by atoms with E-state index in [2.05, 4.69) is 0 Å². The zero-order valence-corrected chi connectivity index (χ0v) is 11.3. The van der Waals surface area contributed by atoms with Gasteiger partial charge in [0.25, 0.3) is 0 Å². The molecule has 0 aliphatic heterocycles. The average molecular weight is 275 g/mol. The fraction of sp³-hybridized carbons (Fsp3) is 0.250. The van der Waals surface area contributed by atoms with E-state index < -0.39 is 0 Å². The second kappa shape index (κ2) is 6.50. The molecule has 0 fully saturated rings. The number of halogens is 1. The van der Waals surface area contributed by atoms with Crippen LogP contribution in [0.25, 0.3) is 0 Å². The molecule has 2 aromatic rings. The van der Waals surface area contributed by atoms with Crippen LogP contribution in [0.1, 0.15) is 29.7 Å². The maximum absolute atomic E-state index is 13.2. The number of nitrogens with two attached hydrogens (primary N) is 1. The lowest BCUT2D eigenvalue weighted by Gasteiger charge is -2.14. The molecule has 0 aliphatic carbocycles. The third-order valence-electron chi connectivity index (χ3n) is 3.06. The number of benzene rings is 2. The van der Waals surface area contributed by atoms with E-state index in [1.807, 2.05) is 24.3 Å². The summed E-state index contributed by atoms with van der Waals surface area (Å²) in [5, 5.41) is 8.98. The van der Waals surface area contributed by atoms with Gasteiger partial charge in [0.15, 0.2) is 0 Å². The zero-order valence-electron chi connectivity index (χ0n) is 11.3. The molecule has 0 saturated carbocycles. The molecule has 0 saturated heterocycles. The fourth-order valence-electron chi connectivity index (χ4n) is 1.91. The summed E-state index contributed by atoms with van der Waals surface area (Å²) in [6, 6.07) is 11.5. The third kappa shape index (κ3) is 3.56. The molecule has 4 heteroatoms. The minimum Gasteiger partial charge on any atom is -0.489 e. The Morgan fingerprint density at radius 2 is 1.80 bits per heavy atom. The highest BCUT2D eigenvalue weighted by atomic mass is 19.1. The maximum atomic E-state index is 13.2.